The molecule has 1 rings (SSSR count). The summed E-state index contributed by atoms with van der Waals surface area (Å²) < 4.78 is 5.20. The minimum Gasteiger partial charge on any atom is -0.384 e. The molecule has 1 aliphatic rings. The van der Waals surface area contributed by atoms with E-state index in [1.54, 1.807) is 7.11 Å². The Balaban J connectivity index is 2.50. The molecule has 0 atom stereocenters. The van der Waals surface area contributed by atoms with E-state index < -0.39 is 0 Å². The third-order valence-corrected chi connectivity index (χ3v) is 3.13. The number of piperidine rings is 1. The normalized spacial score (nSPS) is 19.4. The Kier molecular flexibility index (Phi) is 5.73. The van der Waals surface area contributed by atoms with Crippen LogP contribution in [-0.4, -0.2) is 45.8 Å². The van der Waals surface area contributed by atoms with Crippen LogP contribution in [0.5, 0.6) is 0 Å². The van der Waals surface area contributed by atoms with Crippen molar-refractivity contribution in [2.24, 2.45) is 11.1 Å². The maximum Gasteiger partial charge on any atom is 0.228 e. The Morgan fingerprint density at radius 3 is 2.75 bits per heavy atom. The van der Waals surface area contributed by atoms with Crippen LogP contribution in [0.4, 0.5) is 0 Å². The molecule has 16 heavy (non-hydrogen) atoms. The van der Waals surface area contributed by atoms with Crippen molar-refractivity contribution in [2.45, 2.75) is 19.3 Å². The number of hydrogen-bond acceptors (Lipinski definition) is 4. The predicted octanol–water partition coefficient (Wildman–Crippen LogP) is -0.532. The summed E-state index contributed by atoms with van der Waals surface area (Å²) in [7, 11) is 1.65. The second-order valence-electron chi connectivity index (χ2n) is 4.36. The molecule has 94 valence electrons. The zero-order chi connectivity index (χ0) is 11.9. The lowest BCUT2D eigenvalue weighted by molar-refractivity contribution is -0.136. The van der Waals surface area contributed by atoms with E-state index in [1.165, 1.54) is 0 Å². The molecule has 0 spiro atoms. The lowest BCUT2D eigenvalue weighted by atomic mass is 9.78. The van der Waals surface area contributed by atoms with Crippen LogP contribution in [0.25, 0.3) is 0 Å². The molecule has 0 saturated carbocycles. The van der Waals surface area contributed by atoms with Crippen LogP contribution in [0, 0.1) is 5.41 Å². The summed E-state index contributed by atoms with van der Waals surface area (Å²) >= 11 is 0. The van der Waals surface area contributed by atoms with Gasteiger partial charge in [0.05, 0.1) is 12.0 Å². The molecule has 0 aliphatic carbocycles. The number of nitrogens with two attached hydrogens (primary N) is 1. The number of methoxy groups -OCH3 is 1. The topological polar surface area (TPSA) is 76.4 Å². The van der Waals surface area contributed by atoms with Crippen molar-refractivity contribution < 1.29 is 9.53 Å². The second kappa shape index (κ2) is 6.83. The third kappa shape index (κ3) is 3.43. The van der Waals surface area contributed by atoms with E-state index in [4.69, 9.17) is 10.5 Å². The Bertz CT molecular complexity index is 210. The Labute approximate surface area is 97.1 Å². The first-order chi connectivity index (χ1) is 7.75. The molecular formula is C11H23N3O2. The van der Waals surface area contributed by atoms with Crippen LogP contribution in [0.1, 0.15) is 19.3 Å². The Hall–Kier alpha value is -0.650. The summed E-state index contributed by atoms with van der Waals surface area (Å²) in [4.78, 5) is 12.1. The standard InChI is InChI=1S/C11H23N3O2/c1-16-9-11(3-7-13-8-4-11)10(15)14-6-2-5-12/h13H,2-9,12H2,1H3,(H,14,15). The molecule has 4 N–H and O–H groups in total. The molecule has 0 radical (unpaired) electrons. The van der Waals surface area contributed by atoms with E-state index in [1.807, 2.05) is 0 Å². The number of ether oxygens (including phenoxy) is 1. The van der Waals surface area contributed by atoms with Crippen molar-refractivity contribution in [2.75, 3.05) is 39.9 Å². The third-order valence-electron chi connectivity index (χ3n) is 3.13. The zero-order valence-electron chi connectivity index (χ0n) is 10.1. The van der Waals surface area contributed by atoms with Gasteiger partial charge in [0.15, 0.2) is 0 Å². The molecule has 0 bridgehead atoms. The number of rotatable bonds is 6. The summed E-state index contributed by atoms with van der Waals surface area (Å²) in [5.74, 6) is 0.115. The number of carbonyl (C=O) groups is 1. The zero-order valence-corrected chi connectivity index (χ0v) is 10.1. The minimum atomic E-state index is -0.339. The number of amides is 1. The van der Waals surface area contributed by atoms with Gasteiger partial charge in [-0.3, -0.25) is 4.79 Å². The average molecular weight is 229 g/mol. The van der Waals surface area contributed by atoms with Crippen LogP contribution < -0.4 is 16.4 Å². The molecule has 0 unspecified atom stereocenters. The van der Waals surface area contributed by atoms with Gasteiger partial charge < -0.3 is 21.1 Å². The van der Waals surface area contributed by atoms with Gasteiger partial charge in [0, 0.05) is 13.7 Å². The first-order valence-corrected chi connectivity index (χ1v) is 5.93. The smallest absolute Gasteiger partial charge is 0.228 e. The lowest BCUT2D eigenvalue weighted by Gasteiger charge is -2.35. The van der Waals surface area contributed by atoms with Crippen molar-refractivity contribution in [3.8, 4) is 0 Å². The fourth-order valence-electron chi connectivity index (χ4n) is 2.11. The van der Waals surface area contributed by atoms with E-state index in [9.17, 15) is 4.79 Å². The van der Waals surface area contributed by atoms with Crippen molar-refractivity contribution in [3.05, 3.63) is 0 Å². The van der Waals surface area contributed by atoms with Crippen molar-refractivity contribution in [3.63, 3.8) is 0 Å². The average Bonchev–Trinajstić information content (AvgIpc) is 2.31. The highest BCUT2D eigenvalue weighted by molar-refractivity contribution is 5.82. The van der Waals surface area contributed by atoms with E-state index in [2.05, 4.69) is 10.6 Å². The molecule has 0 aromatic rings. The molecule has 1 heterocycles. The van der Waals surface area contributed by atoms with Crippen LogP contribution >= 0.6 is 0 Å². The van der Waals surface area contributed by atoms with Gasteiger partial charge in [-0.25, -0.2) is 0 Å². The summed E-state index contributed by atoms with van der Waals surface area (Å²) in [5.41, 5.74) is 5.06. The van der Waals surface area contributed by atoms with Crippen molar-refractivity contribution in [1.29, 1.82) is 0 Å². The number of nitrogens with one attached hydrogen (secondary N) is 2. The van der Waals surface area contributed by atoms with Gasteiger partial charge in [-0.1, -0.05) is 0 Å². The fourth-order valence-corrected chi connectivity index (χ4v) is 2.11. The molecular weight excluding hydrogens is 206 g/mol. The molecule has 0 aromatic carbocycles. The highest BCUT2D eigenvalue weighted by Crippen LogP contribution is 2.29. The van der Waals surface area contributed by atoms with E-state index in [0.29, 0.717) is 19.7 Å². The van der Waals surface area contributed by atoms with Gasteiger partial charge >= 0.3 is 0 Å². The van der Waals surface area contributed by atoms with Crippen molar-refractivity contribution >= 4 is 5.91 Å². The molecule has 1 aliphatic heterocycles. The highest BCUT2D eigenvalue weighted by atomic mass is 16.5. The quantitative estimate of drug-likeness (QED) is 0.535. The highest BCUT2D eigenvalue weighted by Gasteiger charge is 2.39. The van der Waals surface area contributed by atoms with Crippen LogP contribution in [-0.2, 0) is 9.53 Å². The molecule has 5 nitrogen and oxygen atoms in total. The van der Waals surface area contributed by atoms with E-state index in [0.717, 1.165) is 32.4 Å². The number of carbonyl (C=O) groups excluding carboxylic acids is 1. The molecule has 5 heteroatoms. The first kappa shape index (κ1) is 13.4. The second-order valence-corrected chi connectivity index (χ2v) is 4.36. The first-order valence-electron chi connectivity index (χ1n) is 5.93. The summed E-state index contributed by atoms with van der Waals surface area (Å²) in [6.07, 6.45) is 2.51. The Morgan fingerprint density at radius 2 is 2.19 bits per heavy atom. The van der Waals surface area contributed by atoms with Gasteiger partial charge in [-0.15, -0.1) is 0 Å². The summed E-state index contributed by atoms with van der Waals surface area (Å²) in [5, 5.41) is 6.22. The maximum atomic E-state index is 12.1. The SMILES string of the molecule is COCC1(C(=O)NCCCN)CCNCC1. The summed E-state index contributed by atoms with van der Waals surface area (Å²) in [6, 6.07) is 0. The van der Waals surface area contributed by atoms with E-state index in [-0.39, 0.29) is 11.3 Å². The van der Waals surface area contributed by atoms with Crippen LogP contribution in [0.3, 0.4) is 0 Å². The summed E-state index contributed by atoms with van der Waals surface area (Å²) in [6.45, 7) is 3.54. The van der Waals surface area contributed by atoms with Crippen LogP contribution in [0.15, 0.2) is 0 Å². The van der Waals surface area contributed by atoms with E-state index >= 15 is 0 Å². The van der Waals surface area contributed by atoms with Crippen molar-refractivity contribution in [1.82, 2.24) is 10.6 Å². The van der Waals surface area contributed by atoms with Crippen LogP contribution in [0.2, 0.25) is 0 Å². The van der Waals surface area contributed by atoms with Gasteiger partial charge in [0.2, 0.25) is 5.91 Å². The minimum absolute atomic E-state index is 0.115. The molecule has 1 saturated heterocycles. The predicted molar refractivity (Wildman–Crippen MR) is 63.1 cm³/mol. The van der Waals surface area contributed by atoms with Gasteiger partial charge in [-0.2, -0.15) is 0 Å². The molecule has 0 aromatic heterocycles. The number of hydrogen-bond donors (Lipinski definition) is 3. The monoisotopic (exact) mass is 229 g/mol. The van der Waals surface area contributed by atoms with Gasteiger partial charge in [0.25, 0.3) is 0 Å². The molecule has 1 fully saturated rings. The van der Waals surface area contributed by atoms with Gasteiger partial charge in [-0.05, 0) is 38.9 Å². The Morgan fingerprint density at radius 1 is 1.50 bits per heavy atom. The van der Waals surface area contributed by atoms with Gasteiger partial charge in [0.1, 0.15) is 0 Å². The fraction of sp³-hybridized carbons (Fsp3) is 0.909. The largest absolute Gasteiger partial charge is 0.384 e. The lowest BCUT2D eigenvalue weighted by Crippen LogP contribution is -2.50. The maximum absolute atomic E-state index is 12.1. The molecule has 1 amide bonds.